The van der Waals surface area contributed by atoms with E-state index in [0.717, 1.165) is 24.5 Å². The number of aliphatic hydroxyl groups excluding tert-OH is 1. The van der Waals surface area contributed by atoms with Crippen LogP contribution in [0.5, 0.6) is 11.5 Å². The van der Waals surface area contributed by atoms with E-state index in [0.29, 0.717) is 18.4 Å². The molecule has 1 N–H and O–H groups in total. The van der Waals surface area contributed by atoms with Crippen molar-refractivity contribution in [3.05, 3.63) is 23.8 Å². The fraction of sp³-hybridized carbons (Fsp3) is 0.600. The fourth-order valence-electron chi connectivity index (χ4n) is 3.12. The molecule has 2 atom stereocenters. The Bertz CT molecular complexity index is 453. The van der Waals surface area contributed by atoms with Crippen LogP contribution in [-0.2, 0) is 0 Å². The summed E-state index contributed by atoms with van der Waals surface area (Å²) in [4.78, 5) is 0. The number of rotatable bonds is 2. The lowest BCUT2D eigenvalue weighted by Crippen LogP contribution is -1.97. The molecule has 1 aromatic carbocycles. The first-order valence-corrected chi connectivity index (χ1v) is 6.65. The van der Waals surface area contributed by atoms with Crippen LogP contribution in [0.4, 0.5) is 0 Å². The summed E-state index contributed by atoms with van der Waals surface area (Å²) in [6.45, 7) is 6.11. The van der Waals surface area contributed by atoms with Crippen molar-refractivity contribution in [3.8, 4) is 11.5 Å². The SMILES string of the molecule is CC1(C)C(CO)C1c1ccc2c(c1)OCCCO2. The number of ether oxygens (including phenoxy) is 2. The lowest BCUT2D eigenvalue weighted by Gasteiger charge is -2.10. The third-order valence-electron chi connectivity index (χ3n) is 4.38. The minimum atomic E-state index is 0.189. The molecule has 0 amide bonds. The van der Waals surface area contributed by atoms with E-state index in [1.807, 2.05) is 6.07 Å². The topological polar surface area (TPSA) is 38.7 Å². The Labute approximate surface area is 108 Å². The van der Waals surface area contributed by atoms with Crippen LogP contribution in [0.2, 0.25) is 0 Å². The van der Waals surface area contributed by atoms with E-state index in [1.54, 1.807) is 0 Å². The summed E-state index contributed by atoms with van der Waals surface area (Å²) < 4.78 is 11.4. The maximum atomic E-state index is 9.40. The van der Waals surface area contributed by atoms with Crippen LogP contribution in [0.15, 0.2) is 18.2 Å². The van der Waals surface area contributed by atoms with Crippen molar-refractivity contribution in [1.82, 2.24) is 0 Å². The first-order valence-electron chi connectivity index (χ1n) is 6.65. The molecule has 0 saturated heterocycles. The minimum absolute atomic E-state index is 0.189. The number of benzene rings is 1. The highest BCUT2D eigenvalue weighted by Gasteiger charge is 2.57. The predicted molar refractivity (Wildman–Crippen MR) is 69.1 cm³/mol. The van der Waals surface area contributed by atoms with Crippen molar-refractivity contribution in [2.75, 3.05) is 19.8 Å². The molecule has 1 saturated carbocycles. The van der Waals surface area contributed by atoms with Gasteiger partial charge < -0.3 is 14.6 Å². The third-order valence-corrected chi connectivity index (χ3v) is 4.38. The molecular weight excluding hydrogens is 228 g/mol. The predicted octanol–water partition coefficient (Wildman–Crippen LogP) is 2.58. The molecule has 2 aliphatic rings. The van der Waals surface area contributed by atoms with Gasteiger partial charge in [-0.1, -0.05) is 19.9 Å². The highest BCUT2D eigenvalue weighted by Crippen LogP contribution is 2.64. The van der Waals surface area contributed by atoms with Crippen molar-refractivity contribution in [3.63, 3.8) is 0 Å². The average Bonchev–Trinajstić information content (AvgIpc) is 2.99. The summed E-state index contributed by atoms with van der Waals surface area (Å²) in [7, 11) is 0. The number of aliphatic hydroxyl groups is 1. The van der Waals surface area contributed by atoms with Gasteiger partial charge in [0.05, 0.1) is 13.2 Å². The van der Waals surface area contributed by atoms with Crippen LogP contribution in [0.1, 0.15) is 31.7 Å². The average molecular weight is 248 g/mol. The van der Waals surface area contributed by atoms with Crippen LogP contribution in [0.3, 0.4) is 0 Å². The van der Waals surface area contributed by atoms with Crippen molar-refractivity contribution in [2.45, 2.75) is 26.2 Å². The van der Waals surface area contributed by atoms with E-state index >= 15 is 0 Å². The van der Waals surface area contributed by atoms with Crippen molar-refractivity contribution >= 4 is 0 Å². The summed E-state index contributed by atoms with van der Waals surface area (Å²) in [6, 6.07) is 6.19. The lowest BCUT2D eigenvalue weighted by molar-refractivity contribution is 0.256. The zero-order valence-corrected chi connectivity index (χ0v) is 11.0. The van der Waals surface area contributed by atoms with E-state index in [1.165, 1.54) is 5.56 Å². The molecule has 3 heteroatoms. The summed E-state index contributed by atoms with van der Waals surface area (Å²) in [5.41, 5.74) is 1.44. The summed E-state index contributed by atoms with van der Waals surface area (Å²) in [5.74, 6) is 2.49. The molecule has 1 aliphatic carbocycles. The molecule has 1 fully saturated rings. The van der Waals surface area contributed by atoms with Crippen LogP contribution in [0, 0.1) is 11.3 Å². The number of hydrogen-bond acceptors (Lipinski definition) is 3. The molecule has 1 aliphatic heterocycles. The summed E-state index contributed by atoms with van der Waals surface area (Å²) in [6.07, 6.45) is 0.929. The van der Waals surface area contributed by atoms with E-state index in [-0.39, 0.29) is 12.0 Å². The van der Waals surface area contributed by atoms with Crippen LogP contribution >= 0.6 is 0 Å². The summed E-state index contributed by atoms with van der Waals surface area (Å²) in [5, 5.41) is 9.40. The molecule has 2 unspecified atom stereocenters. The molecule has 3 nitrogen and oxygen atoms in total. The molecule has 18 heavy (non-hydrogen) atoms. The van der Waals surface area contributed by atoms with Gasteiger partial charge in [0.25, 0.3) is 0 Å². The van der Waals surface area contributed by atoms with Gasteiger partial charge in [0, 0.05) is 13.0 Å². The van der Waals surface area contributed by atoms with E-state index in [4.69, 9.17) is 9.47 Å². The number of fused-ring (bicyclic) bond motifs is 1. The minimum Gasteiger partial charge on any atom is -0.490 e. The first-order chi connectivity index (χ1) is 8.64. The maximum absolute atomic E-state index is 9.40. The second kappa shape index (κ2) is 4.16. The molecule has 0 spiro atoms. The number of hydrogen-bond donors (Lipinski definition) is 1. The van der Waals surface area contributed by atoms with Gasteiger partial charge in [-0.05, 0) is 34.9 Å². The van der Waals surface area contributed by atoms with Gasteiger partial charge in [0.15, 0.2) is 11.5 Å². The van der Waals surface area contributed by atoms with Crippen LogP contribution in [-0.4, -0.2) is 24.9 Å². The molecule has 1 aromatic rings. The molecule has 98 valence electrons. The molecule has 3 rings (SSSR count). The normalized spacial score (nSPS) is 28.6. The van der Waals surface area contributed by atoms with Gasteiger partial charge in [-0.2, -0.15) is 0 Å². The van der Waals surface area contributed by atoms with Gasteiger partial charge in [-0.25, -0.2) is 0 Å². The third kappa shape index (κ3) is 1.77. The van der Waals surface area contributed by atoms with Gasteiger partial charge in [-0.15, -0.1) is 0 Å². The Kier molecular flexibility index (Phi) is 2.74. The largest absolute Gasteiger partial charge is 0.490 e. The van der Waals surface area contributed by atoms with E-state index < -0.39 is 0 Å². The second-order valence-corrected chi connectivity index (χ2v) is 5.84. The second-order valence-electron chi connectivity index (χ2n) is 5.84. The van der Waals surface area contributed by atoms with Gasteiger partial charge >= 0.3 is 0 Å². The fourth-order valence-corrected chi connectivity index (χ4v) is 3.12. The van der Waals surface area contributed by atoms with Gasteiger partial charge in [-0.3, -0.25) is 0 Å². The van der Waals surface area contributed by atoms with Gasteiger partial charge in [0.1, 0.15) is 0 Å². The van der Waals surface area contributed by atoms with Gasteiger partial charge in [0.2, 0.25) is 0 Å². The van der Waals surface area contributed by atoms with Crippen molar-refractivity contribution in [2.24, 2.45) is 11.3 Å². The van der Waals surface area contributed by atoms with Crippen molar-refractivity contribution < 1.29 is 14.6 Å². The molecule has 0 bridgehead atoms. The Morgan fingerprint density at radius 1 is 1.22 bits per heavy atom. The highest BCUT2D eigenvalue weighted by molar-refractivity contribution is 5.46. The Balaban J connectivity index is 1.89. The standard InChI is InChI=1S/C15H20O3/c1-15(2)11(9-16)14(15)10-4-5-12-13(8-10)18-7-3-6-17-12/h4-5,8,11,14,16H,3,6-7,9H2,1-2H3. The molecule has 0 aromatic heterocycles. The monoisotopic (exact) mass is 248 g/mol. The van der Waals surface area contributed by atoms with Crippen molar-refractivity contribution in [1.29, 1.82) is 0 Å². The highest BCUT2D eigenvalue weighted by atomic mass is 16.5. The summed E-state index contributed by atoms with van der Waals surface area (Å²) >= 11 is 0. The molecular formula is C15H20O3. The van der Waals surface area contributed by atoms with Crippen LogP contribution in [0.25, 0.3) is 0 Å². The Morgan fingerprint density at radius 3 is 2.61 bits per heavy atom. The zero-order valence-electron chi connectivity index (χ0n) is 11.0. The smallest absolute Gasteiger partial charge is 0.161 e. The van der Waals surface area contributed by atoms with Crippen LogP contribution < -0.4 is 9.47 Å². The van der Waals surface area contributed by atoms with E-state index in [9.17, 15) is 5.11 Å². The Hall–Kier alpha value is -1.22. The zero-order chi connectivity index (χ0) is 12.8. The molecule has 1 heterocycles. The Morgan fingerprint density at radius 2 is 1.94 bits per heavy atom. The lowest BCUT2D eigenvalue weighted by atomic mass is 10.0. The first kappa shape index (κ1) is 11.8. The molecule has 0 radical (unpaired) electrons. The quantitative estimate of drug-likeness (QED) is 0.874. The van der Waals surface area contributed by atoms with E-state index in [2.05, 4.69) is 26.0 Å². The maximum Gasteiger partial charge on any atom is 0.161 e.